The van der Waals surface area contributed by atoms with Gasteiger partial charge in [-0.25, -0.2) is 0 Å². The zero-order valence-electron chi connectivity index (χ0n) is 11.5. The normalized spacial score (nSPS) is 12.0. The first-order valence-electron chi connectivity index (χ1n) is 6.46. The Hall–Kier alpha value is -2.60. The van der Waals surface area contributed by atoms with Crippen LogP contribution in [0.15, 0.2) is 42.5 Å². The van der Waals surface area contributed by atoms with E-state index in [0.29, 0.717) is 17.7 Å². The van der Waals surface area contributed by atoms with E-state index in [1.54, 1.807) is 18.2 Å². The molecule has 0 saturated carbocycles. The molecule has 0 aliphatic heterocycles. The predicted molar refractivity (Wildman–Crippen MR) is 78.1 cm³/mol. The van der Waals surface area contributed by atoms with Gasteiger partial charge in [-0.3, -0.25) is 10.1 Å². The largest absolute Gasteiger partial charge is 0.508 e. The van der Waals surface area contributed by atoms with E-state index in [-0.39, 0.29) is 23.2 Å². The van der Waals surface area contributed by atoms with Crippen molar-refractivity contribution in [2.75, 3.05) is 0 Å². The van der Waals surface area contributed by atoms with Crippen molar-refractivity contribution in [2.24, 2.45) is 0 Å². The molecular formula is C15H16N2O4. The zero-order chi connectivity index (χ0) is 15.4. The molecule has 0 saturated heterocycles. The Morgan fingerprint density at radius 1 is 1.19 bits per heavy atom. The summed E-state index contributed by atoms with van der Waals surface area (Å²) in [6.45, 7) is 2.16. The predicted octanol–water partition coefficient (Wildman–Crippen LogP) is 2.86. The van der Waals surface area contributed by atoms with Gasteiger partial charge < -0.3 is 15.5 Å². The Labute approximate surface area is 121 Å². The summed E-state index contributed by atoms with van der Waals surface area (Å²) in [6, 6.07) is 10.7. The first-order valence-corrected chi connectivity index (χ1v) is 6.46. The van der Waals surface area contributed by atoms with Crippen molar-refractivity contribution in [3.05, 3.63) is 63.7 Å². The minimum absolute atomic E-state index is 0.0238. The van der Waals surface area contributed by atoms with Crippen LogP contribution in [0.1, 0.15) is 24.1 Å². The Morgan fingerprint density at radius 2 is 1.81 bits per heavy atom. The average molecular weight is 288 g/mol. The van der Waals surface area contributed by atoms with Gasteiger partial charge in [0.2, 0.25) is 0 Å². The van der Waals surface area contributed by atoms with Crippen LogP contribution in [0.3, 0.4) is 0 Å². The summed E-state index contributed by atoms with van der Waals surface area (Å²) >= 11 is 0. The summed E-state index contributed by atoms with van der Waals surface area (Å²) in [4.78, 5) is 10.5. The Balaban J connectivity index is 2.11. The molecule has 3 N–H and O–H groups in total. The first-order chi connectivity index (χ1) is 9.97. The maximum atomic E-state index is 10.9. The number of hydrogen-bond donors (Lipinski definition) is 3. The highest BCUT2D eigenvalue weighted by atomic mass is 16.6. The molecule has 1 unspecified atom stereocenters. The Kier molecular flexibility index (Phi) is 4.39. The smallest absolute Gasteiger partial charge is 0.273 e. The van der Waals surface area contributed by atoms with Gasteiger partial charge >= 0.3 is 0 Å². The third-order valence-corrected chi connectivity index (χ3v) is 3.21. The Bertz CT molecular complexity index is 638. The second-order valence-electron chi connectivity index (χ2n) is 4.77. The molecule has 0 heterocycles. The second kappa shape index (κ2) is 6.23. The van der Waals surface area contributed by atoms with E-state index in [1.807, 2.05) is 6.92 Å². The number of nitro groups is 1. The lowest BCUT2D eigenvalue weighted by molar-refractivity contribution is -0.385. The van der Waals surface area contributed by atoms with E-state index in [9.17, 15) is 20.3 Å². The van der Waals surface area contributed by atoms with Crippen LogP contribution < -0.4 is 5.32 Å². The van der Waals surface area contributed by atoms with E-state index < -0.39 is 4.92 Å². The van der Waals surface area contributed by atoms with Gasteiger partial charge in [-0.05, 0) is 24.6 Å². The van der Waals surface area contributed by atoms with Crippen LogP contribution in [0.2, 0.25) is 0 Å². The van der Waals surface area contributed by atoms with Gasteiger partial charge in [-0.15, -0.1) is 0 Å². The minimum Gasteiger partial charge on any atom is -0.508 e. The molecule has 0 aliphatic carbocycles. The molecule has 2 aromatic rings. The van der Waals surface area contributed by atoms with Crippen LogP contribution in [-0.4, -0.2) is 15.1 Å². The zero-order valence-corrected chi connectivity index (χ0v) is 11.5. The molecule has 21 heavy (non-hydrogen) atoms. The van der Waals surface area contributed by atoms with Gasteiger partial charge in [0.15, 0.2) is 0 Å². The monoisotopic (exact) mass is 288 g/mol. The summed E-state index contributed by atoms with van der Waals surface area (Å²) in [5.41, 5.74) is 1.35. The van der Waals surface area contributed by atoms with Crippen molar-refractivity contribution in [1.29, 1.82) is 0 Å². The van der Waals surface area contributed by atoms with Crippen LogP contribution in [0, 0.1) is 10.1 Å². The second-order valence-corrected chi connectivity index (χ2v) is 4.77. The molecule has 0 radical (unpaired) electrons. The quantitative estimate of drug-likeness (QED) is 0.580. The van der Waals surface area contributed by atoms with Gasteiger partial charge in [0, 0.05) is 30.3 Å². The topological polar surface area (TPSA) is 95.6 Å². The van der Waals surface area contributed by atoms with Crippen LogP contribution in [0.4, 0.5) is 5.69 Å². The van der Waals surface area contributed by atoms with E-state index in [2.05, 4.69) is 5.32 Å². The number of nitro benzene ring substituents is 1. The lowest BCUT2D eigenvalue weighted by Gasteiger charge is -2.15. The highest BCUT2D eigenvalue weighted by Crippen LogP contribution is 2.25. The third-order valence-electron chi connectivity index (χ3n) is 3.21. The first kappa shape index (κ1) is 14.8. The third kappa shape index (κ3) is 3.70. The number of rotatable bonds is 5. The number of nitrogens with zero attached hydrogens (tertiary/aromatic N) is 1. The van der Waals surface area contributed by atoms with E-state index in [0.717, 1.165) is 0 Å². The van der Waals surface area contributed by atoms with Gasteiger partial charge in [-0.1, -0.05) is 18.2 Å². The number of benzene rings is 2. The summed E-state index contributed by atoms with van der Waals surface area (Å²) in [5.74, 6) is -0.0475. The highest BCUT2D eigenvalue weighted by Gasteiger charge is 2.14. The van der Waals surface area contributed by atoms with Gasteiger partial charge in [0.05, 0.1) is 4.92 Å². The van der Waals surface area contributed by atoms with Crippen molar-refractivity contribution >= 4 is 5.69 Å². The summed E-state index contributed by atoms with van der Waals surface area (Å²) in [5, 5.41) is 33.0. The molecule has 6 heteroatoms. The number of nitrogens with one attached hydrogen (secondary N) is 1. The van der Waals surface area contributed by atoms with Crippen LogP contribution in [0.5, 0.6) is 11.5 Å². The Morgan fingerprint density at radius 3 is 2.43 bits per heavy atom. The lowest BCUT2D eigenvalue weighted by atomic mass is 10.1. The standard InChI is InChI=1S/C15H16N2O4/c1-10(12-6-13(18)8-14(19)7-12)16-9-11-4-2-3-5-15(11)17(20)21/h2-8,10,16,18-19H,9H2,1H3. The van der Waals surface area contributed by atoms with Crippen LogP contribution in [0.25, 0.3) is 0 Å². The maximum absolute atomic E-state index is 10.9. The SMILES string of the molecule is CC(NCc1ccccc1[N+](=O)[O-])c1cc(O)cc(O)c1. The molecule has 1 atom stereocenters. The average Bonchev–Trinajstić information content (AvgIpc) is 2.43. The highest BCUT2D eigenvalue weighted by molar-refractivity contribution is 5.40. The number of hydrogen-bond acceptors (Lipinski definition) is 5. The molecule has 0 aromatic heterocycles. The molecule has 2 rings (SSSR count). The van der Waals surface area contributed by atoms with E-state index in [1.165, 1.54) is 24.3 Å². The van der Waals surface area contributed by atoms with Gasteiger partial charge in [-0.2, -0.15) is 0 Å². The molecular weight excluding hydrogens is 272 g/mol. The fourth-order valence-electron chi connectivity index (χ4n) is 2.09. The molecule has 0 aliphatic rings. The van der Waals surface area contributed by atoms with Crippen LogP contribution >= 0.6 is 0 Å². The van der Waals surface area contributed by atoms with E-state index in [4.69, 9.17) is 0 Å². The molecule has 0 amide bonds. The van der Waals surface area contributed by atoms with Crippen LogP contribution in [-0.2, 0) is 6.54 Å². The number of aromatic hydroxyl groups is 2. The minimum atomic E-state index is -0.415. The maximum Gasteiger partial charge on any atom is 0.273 e. The van der Waals surface area contributed by atoms with Gasteiger partial charge in [0.25, 0.3) is 5.69 Å². The van der Waals surface area contributed by atoms with Crippen molar-refractivity contribution in [2.45, 2.75) is 19.5 Å². The molecule has 0 fully saturated rings. The van der Waals surface area contributed by atoms with Gasteiger partial charge in [0.1, 0.15) is 11.5 Å². The molecule has 0 spiro atoms. The number of para-hydroxylation sites is 1. The van der Waals surface area contributed by atoms with Crippen molar-refractivity contribution in [1.82, 2.24) is 5.32 Å². The fraction of sp³-hybridized carbons (Fsp3) is 0.200. The molecule has 6 nitrogen and oxygen atoms in total. The van der Waals surface area contributed by atoms with Crippen molar-refractivity contribution in [3.8, 4) is 11.5 Å². The van der Waals surface area contributed by atoms with Crippen molar-refractivity contribution < 1.29 is 15.1 Å². The number of phenols is 2. The molecule has 0 bridgehead atoms. The van der Waals surface area contributed by atoms with E-state index >= 15 is 0 Å². The lowest BCUT2D eigenvalue weighted by Crippen LogP contribution is -2.18. The summed E-state index contributed by atoms with van der Waals surface area (Å²) in [7, 11) is 0. The fourth-order valence-corrected chi connectivity index (χ4v) is 2.09. The molecule has 2 aromatic carbocycles. The van der Waals surface area contributed by atoms with Crippen molar-refractivity contribution in [3.63, 3.8) is 0 Å². The molecule has 110 valence electrons. The summed E-state index contributed by atoms with van der Waals surface area (Å²) < 4.78 is 0. The number of phenolic OH excluding ortho intramolecular Hbond substituents is 2. The summed E-state index contributed by atoms with van der Waals surface area (Å²) in [6.07, 6.45) is 0.